The van der Waals surface area contributed by atoms with Gasteiger partial charge in [-0.05, 0) is 6.07 Å². The molecule has 0 aromatic heterocycles. The first kappa shape index (κ1) is 13.6. The number of amides is 1. The quantitative estimate of drug-likeness (QED) is 0.628. The number of nitrogens with zero attached hydrogens (tertiary/aromatic N) is 1. The minimum Gasteiger partial charge on any atom is -0.478 e. The fraction of sp³-hybridized carbons (Fsp3) is 0.273. The number of carboxylic acids is 1. The summed E-state index contributed by atoms with van der Waals surface area (Å²) in [5.74, 6) is -2.01. The molecule has 2 N–H and O–H groups in total. The molecule has 18 heavy (non-hydrogen) atoms. The Labute approximate surface area is 103 Å². The van der Waals surface area contributed by atoms with Crippen LogP contribution in [0.3, 0.4) is 0 Å². The third-order valence-corrected chi connectivity index (χ3v) is 2.23. The van der Waals surface area contributed by atoms with Gasteiger partial charge in [-0.2, -0.15) is 0 Å². The number of nitro benzene ring substituents is 1. The van der Waals surface area contributed by atoms with E-state index in [2.05, 4.69) is 5.32 Å². The highest BCUT2D eigenvalue weighted by atomic mass is 16.6. The summed E-state index contributed by atoms with van der Waals surface area (Å²) >= 11 is 0. The molecule has 7 nitrogen and oxygen atoms in total. The molecule has 1 amide bonds. The van der Waals surface area contributed by atoms with Gasteiger partial charge in [0, 0.05) is 18.1 Å². The van der Waals surface area contributed by atoms with E-state index in [9.17, 15) is 19.7 Å². The molecular formula is C11H12N2O5. The molecule has 0 fully saturated rings. The SMILES string of the molecule is CC(C)C(=O)Nc1ccc([N+](=O)[O-])cc1C(=O)O. The number of hydrogen-bond donors (Lipinski definition) is 2. The van der Waals surface area contributed by atoms with E-state index in [-0.39, 0.29) is 28.8 Å². The molecular weight excluding hydrogens is 240 g/mol. The predicted octanol–water partition coefficient (Wildman–Crippen LogP) is 1.89. The molecule has 0 radical (unpaired) electrons. The van der Waals surface area contributed by atoms with Gasteiger partial charge in [-0.15, -0.1) is 0 Å². The van der Waals surface area contributed by atoms with E-state index in [1.807, 2.05) is 0 Å². The van der Waals surface area contributed by atoms with Crippen LogP contribution in [0.2, 0.25) is 0 Å². The van der Waals surface area contributed by atoms with E-state index in [1.165, 1.54) is 6.07 Å². The largest absolute Gasteiger partial charge is 0.478 e. The zero-order valence-electron chi connectivity index (χ0n) is 9.84. The van der Waals surface area contributed by atoms with Gasteiger partial charge in [0.05, 0.1) is 16.2 Å². The number of rotatable bonds is 4. The van der Waals surface area contributed by atoms with Gasteiger partial charge in [0.15, 0.2) is 0 Å². The number of benzene rings is 1. The lowest BCUT2D eigenvalue weighted by molar-refractivity contribution is -0.384. The average molecular weight is 252 g/mol. The van der Waals surface area contributed by atoms with Gasteiger partial charge >= 0.3 is 5.97 Å². The number of aromatic carboxylic acids is 1. The van der Waals surface area contributed by atoms with Gasteiger partial charge in [-0.1, -0.05) is 13.8 Å². The van der Waals surface area contributed by atoms with Gasteiger partial charge in [-0.3, -0.25) is 14.9 Å². The summed E-state index contributed by atoms with van der Waals surface area (Å²) in [5, 5.41) is 21.9. The van der Waals surface area contributed by atoms with Crippen molar-refractivity contribution in [2.45, 2.75) is 13.8 Å². The number of hydrogen-bond acceptors (Lipinski definition) is 4. The molecule has 0 aliphatic carbocycles. The van der Waals surface area contributed by atoms with E-state index in [4.69, 9.17) is 5.11 Å². The second-order valence-electron chi connectivity index (χ2n) is 3.94. The minimum atomic E-state index is -1.34. The zero-order chi connectivity index (χ0) is 13.9. The molecule has 0 atom stereocenters. The summed E-state index contributed by atoms with van der Waals surface area (Å²) in [6.07, 6.45) is 0. The Morgan fingerprint density at radius 1 is 1.39 bits per heavy atom. The Morgan fingerprint density at radius 2 is 2.00 bits per heavy atom. The Hall–Kier alpha value is -2.44. The molecule has 1 aromatic carbocycles. The molecule has 96 valence electrons. The maximum absolute atomic E-state index is 11.5. The summed E-state index contributed by atoms with van der Waals surface area (Å²) in [4.78, 5) is 32.3. The lowest BCUT2D eigenvalue weighted by Crippen LogP contribution is -2.19. The smallest absolute Gasteiger partial charge is 0.338 e. The fourth-order valence-corrected chi connectivity index (χ4v) is 1.21. The lowest BCUT2D eigenvalue weighted by Gasteiger charge is -2.10. The first-order chi connectivity index (χ1) is 8.32. The summed E-state index contributed by atoms with van der Waals surface area (Å²) in [6, 6.07) is 3.27. The second-order valence-corrected chi connectivity index (χ2v) is 3.94. The van der Waals surface area contributed by atoms with Crippen molar-refractivity contribution in [1.29, 1.82) is 0 Å². The first-order valence-electron chi connectivity index (χ1n) is 5.15. The first-order valence-corrected chi connectivity index (χ1v) is 5.15. The standard InChI is InChI=1S/C11H12N2O5/c1-6(2)10(14)12-9-4-3-7(13(17)18)5-8(9)11(15)16/h3-6H,1-2H3,(H,12,14)(H,15,16). The fourth-order valence-electron chi connectivity index (χ4n) is 1.21. The number of non-ortho nitro benzene ring substituents is 1. The maximum Gasteiger partial charge on any atom is 0.338 e. The van der Waals surface area contributed by atoms with Crippen molar-refractivity contribution in [2.75, 3.05) is 5.32 Å². The van der Waals surface area contributed by atoms with Crippen molar-refractivity contribution < 1.29 is 19.6 Å². The number of carbonyl (C=O) groups excluding carboxylic acids is 1. The van der Waals surface area contributed by atoms with Crippen LogP contribution < -0.4 is 5.32 Å². The van der Waals surface area contributed by atoms with Crippen LogP contribution in [0.4, 0.5) is 11.4 Å². The van der Waals surface area contributed by atoms with Crippen molar-refractivity contribution >= 4 is 23.3 Å². The average Bonchev–Trinajstić information content (AvgIpc) is 2.28. The molecule has 0 unspecified atom stereocenters. The number of carboxylic acid groups (broad SMARTS) is 1. The highest BCUT2D eigenvalue weighted by molar-refractivity contribution is 6.01. The Balaban J connectivity index is 3.16. The number of anilines is 1. The minimum absolute atomic E-state index is 0.0480. The lowest BCUT2D eigenvalue weighted by atomic mass is 10.1. The third-order valence-electron chi connectivity index (χ3n) is 2.23. The van der Waals surface area contributed by atoms with Crippen molar-refractivity contribution in [3.05, 3.63) is 33.9 Å². The van der Waals surface area contributed by atoms with Crippen LogP contribution in [-0.4, -0.2) is 21.9 Å². The molecule has 0 spiro atoms. The van der Waals surface area contributed by atoms with E-state index < -0.39 is 10.9 Å². The van der Waals surface area contributed by atoms with E-state index in [0.29, 0.717) is 0 Å². The van der Waals surface area contributed by atoms with Gasteiger partial charge in [0.1, 0.15) is 0 Å². The molecule has 0 heterocycles. The van der Waals surface area contributed by atoms with Crippen molar-refractivity contribution in [1.82, 2.24) is 0 Å². The molecule has 0 bridgehead atoms. The maximum atomic E-state index is 11.5. The monoisotopic (exact) mass is 252 g/mol. The zero-order valence-corrected chi connectivity index (χ0v) is 9.84. The van der Waals surface area contributed by atoms with Crippen LogP contribution in [-0.2, 0) is 4.79 Å². The molecule has 0 saturated heterocycles. The van der Waals surface area contributed by atoms with Crippen molar-refractivity contribution in [2.24, 2.45) is 5.92 Å². The highest BCUT2D eigenvalue weighted by Crippen LogP contribution is 2.22. The molecule has 7 heteroatoms. The van der Waals surface area contributed by atoms with Crippen molar-refractivity contribution in [3.8, 4) is 0 Å². The van der Waals surface area contributed by atoms with Crippen LogP contribution in [0.15, 0.2) is 18.2 Å². The Kier molecular flexibility index (Phi) is 3.98. The summed E-state index contributed by atoms with van der Waals surface area (Å²) in [7, 11) is 0. The Bertz CT molecular complexity index is 510. The molecule has 0 saturated carbocycles. The third kappa shape index (κ3) is 3.03. The van der Waals surface area contributed by atoms with Crippen LogP contribution in [0.1, 0.15) is 24.2 Å². The van der Waals surface area contributed by atoms with E-state index >= 15 is 0 Å². The number of nitro groups is 1. The van der Waals surface area contributed by atoms with Crippen LogP contribution in [0.25, 0.3) is 0 Å². The van der Waals surface area contributed by atoms with Crippen molar-refractivity contribution in [3.63, 3.8) is 0 Å². The van der Waals surface area contributed by atoms with E-state index in [1.54, 1.807) is 13.8 Å². The topological polar surface area (TPSA) is 110 Å². The predicted molar refractivity (Wildman–Crippen MR) is 63.5 cm³/mol. The van der Waals surface area contributed by atoms with Gasteiger partial charge < -0.3 is 10.4 Å². The molecule has 1 aromatic rings. The number of nitrogens with one attached hydrogen (secondary N) is 1. The highest BCUT2D eigenvalue weighted by Gasteiger charge is 2.18. The molecule has 1 rings (SSSR count). The summed E-state index contributed by atoms with van der Waals surface area (Å²) in [6.45, 7) is 3.31. The molecule has 0 aliphatic heterocycles. The van der Waals surface area contributed by atoms with Crippen LogP contribution >= 0.6 is 0 Å². The second kappa shape index (κ2) is 5.26. The van der Waals surface area contributed by atoms with Crippen LogP contribution in [0.5, 0.6) is 0 Å². The van der Waals surface area contributed by atoms with Gasteiger partial charge in [0.25, 0.3) is 5.69 Å². The van der Waals surface area contributed by atoms with E-state index in [0.717, 1.165) is 12.1 Å². The molecule has 0 aliphatic rings. The van der Waals surface area contributed by atoms with Gasteiger partial charge in [-0.25, -0.2) is 4.79 Å². The summed E-state index contributed by atoms with van der Waals surface area (Å²) < 4.78 is 0. The summed E-state index contributed by atoms with van der Waals surface area (Å²) in [5.41, 5.74) is -0.597. The van der Waals surface area contributed by atoms with Crippen LogP contribution in [0, 0.1) is 16.0 Å². The Morgan fingerprint density at radius 3 is 2.44 bits per heavy atom. The van der Waals surface area contributed by atoms with Gasteiger partial charge in [0.2, 0.25) is 5.91 Å². The number of carbonyl (C=O) groups is 2. The normalized spacial score (nSPS) is 10.2.